The maximum absolute atomic E-state index is 13.9. The van der Waals surface area contributed by atoms with E-state index in [1.54, 1.807) is 14.2 Å². The summed E-state index contributed by atoms with van der Waals surface area (Å²) < 4.78 is 10.9. The summed E-state index contributed by atoms with van der Waals surface area (Å²) in [4.78, 5) is 18.7. The number of rotatable bonds is 4. The first kappa shape index (κ1) is 21.2. The summed E-state index contributed by atoms with van der Waals surface area (Å²) in [6, 6.07) is 21.2. The van der Waals surface area contributed by atoms with Crippen LogP contribution in [0.25, 0.3) is 28.1 Å². The second-order valence-corrected chi connectivity index (χ2v) is 8.38. The average molecular weight is 456 g/mol. The molecule has 0 fully saturated rings. The van der Waals surface area contributed by atoms with Crippen LogP contribution < -0.4 is 9.47 Å². The minimum atomic E-state index is -0.0191. The molecule has 4 nitrogen and oxygen atoms in total. The van der Waals surface area contributed by atoms with E-state index in [0.717, 1.165) is 38.9 Å². The summed E-state index contributed by atoms with van der Waals surface area (Å²) in [7, 11) is 3.24. The molecule has 0 aliphatic heterocycles. The van der Waals surface area contributed by atoms with Crippen LogP contribution in [-0.2, 0) is 6.42 Å². The smallest absolute Gasteiger partial charge is 0.191 e. The molecule has 1 heterocycles. The van der Waals surface area contributed by atoms with E-state index < -0.39 is 0 Å². The maximum atomic E-state index is 13.9. The van der Waals surface area contributed by atoms with Crippen molar-refractivity contribution in [3.63, 3.8) is 0 Å². The molecule has 1 aromatic heterocycles. The zero-order chi connectivity index (χ0) is 22.9. The standard InChI is InChI=1S/C28H22ClNO3/c1-32-21-10-13-25(33-2)19(15-21)14-18-8-11-24-27(28(18)31)26(17-6-4-3-5-7-17)22-16-20(29)9-12-23(22)30-24/h3-7,9-10,12-16H,8,11H2,1-2H3/b18-14+. The Morgan fingerprint density at radius 1 is 0.909 bits per heavy atom. The van der Waals surface area contributed by atoms with Gasteiger partial charge in [0.2, 0.25) is 0 Å². The van der Waals surface area contributed by atoms with Gasteiger partial charge in [-0.1, -0.05) is 41.9 Å². The van der Waals surface area contributed by atoms with Gasteiger partial charge in [0.1, 0.15) is 11.5 Å². The number of fused-ring (bicyclic) bond motifs is 2. The summed E-state index contributed by atoms with van der Waals surface area (Å²) >= 11 is 6.35. The van der Waals surface area contributed by atoms with E-state index >= 15 is 0 Å². The van der Waals surface area contributed by atoms with Gasteiger partial charge in [-0.15, -0.1) is 0 Å². The Kier molecular flexibility index (Phi) is 5.61. The number of nitrogens with zero attached hydrogens (tertiary/aromatic N) is 1. The number of carbonyl (C=O) groups excluding carboxylic acids is 1. The SMILES string of the molecule is COc1ccc(OC)c(/C=C2\CCc3nc4ccc(Cl)cc4c(-c4ccccc4)c3C2=O)c1. The number of pyridine rings is 1. The highest BCUT2D eigenvalue weighted by atomic mass is 35.5. The number of Topliss-reactive ketones (excluding diaryl/α,β-unsaturated/α-hetero) is 1. The van der Waals surface area contributed by atoms with Crippen molar-refractivity contribution in [2.24, 2.45) is 0 Å². The molecule has 4 aromatic rings. The summed E-state index contributed by atoms with van der Waals surface area (Å²) in [6.45, 7) is 0. The van der Waals surface area contributed by atoms with Crippen molar-refractivity contribution >= 4 is 34.4 Å². The van der Waals surface area contributed by atoms with E-state index in [1.165, 1.54) is 0 Å². The first-order valence-corrected chi connectivity index (χ1v) is 11.1. The van der Waals surface area contributed by atoms with E-state index in [4.69, 9.17) is 26.1 Å². The number of benzene rings is 3. The number of aryl methyl sites for hydroxylation is 1. The topological polar surface area (TPSA) is 48.4 Å². The molecular formula is C28H22ClNO3. The Morgan fingerprint density at radius 3 is 2.48 bits per heavy atom. The number of aromatic nitrogens is 1. The molecule has 0 spiro atoms. The lowest BCUT2D eigenvalue weighted by molar-refractivity contribution is 0.102. The fourth-order valence-corrected chi connectivity index (χ4v) is 4.59. The van der Waals surface area contributed by atoms with E-state index in [2.05, 4.69) is 0 Å². The molecule has 5 heteroatoms. The lowest BCUT2D eigenvalue weighted by Crippen LogP contribution is -2.17. The first-order valence-electron chi connectivity index (χ1n) is 10.7. The summed E-state index contributed by atoms with van der Waals surface area (Å²) in [5.41, 5.74) is 5.69. The number of hydrogen-bond acceptors (Lipinski definition) is 4. The Morgan fingerprint density at radius 2 is 1.73 bits per heavy atom. The van der Waals surface area contributed by atoms with Crippen LogP contribution in [0, 0.1) is 0 Å². The lowest BCUT2D eigenvalue weighted by Gasteiger charge is -2.22. The van der Waals surface area contributed by atoms with Crippen LogP contribution in [0.5, 0.6) is 11.5 Å². The molecule has 5 rings (SSSR count). The third-order valence-electron chi connectivity index (χ3n) is 6.00. The molecule has 1 aliphatic rings. The van der Waals surface area contributed by atoms with Crippen molar-refractivity contribution in [3.05, 3.63) is 94.1 Å². The quantitative estimate of drug-likeness (QED) is 0.318. The Bertz CT molecular complexity index is 1410. The highest BCUT2D eigenvalue weighted by Crippen LogP contribution is 2.39. The van der Waals surface area contributed by atoms with E-state index in [-0.39, 0.29) is 5.78 Å². The molecule has 33 heavy (non-hydrogen) atoms. The molecule has 0 saturated carbocycles. The average Bonchev–Trinajstić information content (AvgIpc) is 2.85. The van der Waals surface area contributed by atoms with Crippen molar-refractivity contribution in [2.45, 2.75) is 12.8 Å². The van der Waals surface area contributed by atoms with Crippen molar-refractivity contribution in [2.75, 3.05) is 14.2 Å². The van der Waals surface area contributed by atoms with Crippen LogP contribution in [0.3, 0.4) is 0 Å². The first-order chi connectivity index (χ1) is 16.1. The van der Waals surface area contributed by atoms with Crippen LogP contribution in [0.15, 0.2) is 72.3 Å². The highest BCUT2D eigenvalue weighted by Gasteiger charge is 2.29. The third-order valence-corrected chi connectivity index (χ3v) is 6.24. The zero-order valence-corrected chi connectivity index (χ0v) is 19.1. The molecule has 0 bridgehead atoms. The monoisotopic (exact) mass is 455 g/mol. The number of carbonyl (C=O) groups is 1. The van der Waals surface area contributed by atoms with Crippen LogP contribution in [0.2, 0.25) is 5.02 Å². The number of methoxy groups -OCH3 is 2. The Balaban J connectivity index is 1.73. The van der Waals surface area contributed by atoms with Crippen LogP contribution >= 0.6 is 11.6 Å². The molecule has 0 unspecified atom stereocenters. The van der Waals surface area contributed by atoms with Crippen LogP contribution in [0.1, 0.15) is 28.0 Å². The number of hydrogen-bond donors (Lipinski definition) is 0. The molecule has 0 saturated heterocycles. The van der Waals surface area contributed by atoms with Gasteiger partial charge in [-0.3, -0.25) is 9.78 Å². The van der Waals surface area contributed by atoms with Gasteiger partial charge in [-0.25, -0.2) is 0 Å². The van der Waals surface area contributed by atoms with Crippen molar-refractivity contribution < 1.29 is 14.3 Å². The molecular weight excluding hydrogens is 434 g/mol. The molecule has 1 aliphatic carbocycles. The van der Waals surface area contributed by atoms with E-state index in [1.807, 2.05) is 72.8 Å². The van der Waals surface area contributed by atoms with E-state index in [0.29, 0.717) is 34.9 Å². The van der Waals surface area contributed by atoms with Crippen LogP contribution in [-0.4, -0.2) is 25.0 Å². The minimum Gasteiger partial charge on any atom is -0.497 e. The van der Waals surface area contributed by atoms with Gasteiger partial charge in [-0.05, 0) is 60.9 Å². The van der Waals surface area contributed by atoms with Crippen molar-refractivity contribution in [3.8, 4) is 22.6 Å². The molecule has 0 atom stereocenters. The lowest BCUT2D eigenvalue weighted by atomic mass is 9.83. The van der Waals surface area contributed by atoms with Gasteiger partial charge in [0.05, 0.1) is 31.0 Å². The Hall–Kier alpha value is -3.63. The largest absolute Gasteiger partial charge is 0.497 e. The molecule has 164 valence electrons. The highest BCUT2D eigenvalue weighted by molar-refractivity contribution is 6.31. The Labute approximate surface area is 197 Å². The molecule has 0 amide bonds. The van der Waals surface area contributed by atoms with Gasteiger partial charge < -0.3 is 9.47 Å². The molecule has 0 N–H and O–H groups in total. The zero-order valence-electron chi connectivity index (χ0n) is 18.4. The van der Waals surface area contributed by atoms with Gasteiger partial charge in [0.15, 0.2) is 5.78 Å². The second kappa shape index (κ2) is 8.72. The van der Waals surface area contributed by atoms with Gasteiger partial charge >= 0.3 is 0 Å². The van der Waals surface area contributed by atoms with Gasteiger partial charge in [0.25, 0.3) is 0 Å². The van der Waals surface area contributed by atoms with Gasteiger partial charge in [0, 0.05) is 27.1 Å². The molecule has 3 aromatic carbocycles. The summed E-state index contributed by atoms with van der Waals surface area (Å²) in [5, 5.41) is 1.49. The van der Waals surface area contributed by atoms with Crippen molar-refractivity contribution in [1.29, 1.82) is 0 Å². The summed E-state index contributed by atoms with van der Waals surface area (Å²) in [6.07, 6.45) is 3.19. The number of allylic oxidation sites excluding steroid dienone is 1. The molecule has 0 radical (unpaired) electrons. The summed E-state index contributed by atoms with van der Waals surface area (Å²) in [5.74, 6) is 1.38. The fraction of sp³-hybridized carbons (Fsp3) is 0.143. The van der Waals surface area contributed by atoms with Gasteiger partial charge in [-0.2, -0.15) is 0 Å². The fourth-order valence-electron chi connectivity index (χ4n) is 4.42. The van der Waals surface area contributed by atoms with E-state index in [9.17, 15) is 4.79 Å². The third kappa shape index (κ3) is 3.87. The van der Waals surface area contributed by atoms with Crippen molar-refractivity contribution in [1.82, 2.24) is 4.98 Å². The maximum Gasteiger partial charge on any atom is 0.191 e. The minimum absolute atomic E-state index is 0.0191. The second-order valence-electron chi connectivity index (χ2n) is 7.94. The van der Waals surface area contributed by atoms with Crippen LogP contribution in [0.4, 0.5) is 0 Å². The predicted molar refractivity (Wildman–Crippen MR) is 132 cm³/mol. The number of ether oxygens (including phenoxy) is 2. The predicted octanol–water partition coefficient (Wildman–Crippen LogP) is 6.78. The normalized spacial score (nSPS) is 14.4. The number of halogens is 1. The number of ketones is 1.